The summed E-state index contributed by atoms with van der Waals surface area (Å²) < 4.78 is 22.1. The Kier molecular flexibility index (Phi) is 8.52. The number of hydrogen-bond acceptors (Lipinski definition) is 16. The Hall–Kier alpha value is -3.55. The maximum absolute atomic E-state index is 13.1. The first-order chi connectivity index (χ1) is 20.4. The van der Waals surface area contributed by atoms with Gasteiger partial charge in [0.2, 0.25) is 6.29 Å². The lowest BCUT2D eigenvalue weighted by molar-refractivity contribution is -0.277. The molecule has 2 aromatic carbocycles. The van der Waals surface area contributed by atoms with Gasteiger partial charge in [-0.2, -0.15) is 0 Å². The molecule has 2 fully saturated rings. The van der Waals surface area contributed by atoms with Crippen LogP contribution in [0.15, 0.2) is 39.5 Å². The molecule has 2 aliphatic rings. The largest absolute Gasteiger partial charge is 0.507 e. The third kappa shape index (κ3) is 5.38. The second-order valence-electron chi connectivity index (χ2n) is 10.3. The normalized spacial score (nSPS) is 33.0. The van der Waals surface area contributed by atoms with Crippen molar-refractivity contribution in [1.82, 2.24) is 0 Å². The summed E-state index contributed by atoms with van der Waals surface area (Å²) in [6.45, 7) is -1.48. The van der Waals surface area contributed by atoms with E-state index in [1.807, 2.05) is 0 Å². The van der Waals surface area contributed by atoms with Gasteiger partial charge in [-0.1, -0.05) is 0 Å². The molecule has 16 nitrogen and oxygen atoms in total. The summed E-state index contributed by atoms with van der Waals surface area (Å²) >= 11 is 0. The first-order valence-corrected chi connectivity index (χ1v) is 13.0. The van der Waals surface area contributed by atoms with Crippen LogP contribution in [0.2, 0.25) is 0 Å². The molecule has 0 spiro atoms. The highest BCUT2D eigenvalue weighted by atomic mass is 16.7. The Morgan fingerprint density at radius 2 is 1.33 bits per heavy atom. The third-order valence-corrected chi connectivity index (χ3v) is 7.51. The van der Waals surface area contributed by atoms with Gasteiger partial charge in [-0.25, -0.2) is 0 Å². The molecule has 2 saturated heterocycles. The molecule has 5 rings (SSSR count). The highest BCUT2D eigenvalue weighted by Gasteiger charge is 2.47. The van der Waals surface area contributed by atoms with Gasteiger partial charge in [-0.05, 0) is 18.2 Å². The maximum atomic E-state index is 13.1. The minimum atomic E-state index is -1.87. The van der Waals surface area contributed by atoms with Crippen LogP contribution in [0, 0.1) is 0 Å². The van der Waals surface area contributed by atoms with Gasteiger partial charge in [-0.3, -0.25) is 4.79 Å². The Morgan fingerprint density at radius 3 is 1.95 bits per heavy atom. The molecule has 5 unspecified atom stereocenters. The van der Waals surface area contributed by atoms with E-state index in [1.165, 1.54) is 12.1 Å². The van der Waals surface area contributed by atoms with Gasteiger partial charge < -0.3 is 74.8 Å². The van der Waals surface area contributed by atoms with E-state index in [1.54, 1.807) is 0 Å². The minimum Gasteiger partial charge on any atom is -0.507 e. The molecule has 10 atom stereocenters. The second kappa shape index (κ2) is 11.9. The van der Waals surface area contributed by atoms with E-state index in [-0.39, 0.29) is 22.6 Å². The molecule has 1 aromatic heterocycles. The molecule has 0 amide bonds. The van der Waals surface area contributed by atoms with Crippen molar-refractivity contribution in [2.24, 2.45) is 0 Å². The molecule has 0 aliphatic carbocycles. The molecule has 0 bridgehead atoms. The van der Waals surface area contributed by atoms with E-state index in [0.29, 0.717) is 0 Å². The van der Waals surface area contributed by atoms with Gasteiger partial charge in [-0.15, -0.1) is 0 Å². The SMILES string of the molecule is O=c1cc(-c2ccc(O[C@@H]3OC(CO)[C@@H](O)C(O)C3O)c(O)c2)oc2c([C@@H]3OC(CO)[C@@H](O)[C@H](O)C3O)c(O)cc(O)c12. The lowest BCUT2D eigenvalue weighted by Crippen LogP contribution is -2.60. The number of rotatable bonds is 6. The number of ether oxygens (including phenoxy) is 3. The van der Waals surface area contributed by atoms with Gasteiger partial charge in [0.1, 0.15) is 77.6 Å². The van der Waals surface area contributed by atoms with Gasteiger partial charge >= 0.3 is 0 Å². The van der Waals surface area contributed by atoms with Crippen molar-refractivity contribution in [2.45, 2.75) is 61.2 Å². The summed E-state index contributed by atoms with van der Waals surface area (Å²) in [7, 11) is 0. The summed E-state index contributed by atoms with van der Waals surface area (Å²) in [5, 5.41) is 111. The first-order valence-electron chi connectivity index (χ1n) is 13.0. The zero-order chi connectivity index (χ0) is 31.3. The Morgan fingerprint density at radius 1 is 0.698 bits per heavy atom. The van der Waals surface area contributed by atoms with E-state index in [9.17, 15) is 61.0 Å². The van der Waals surface area contributed by atoms with Crippen LogP contribution in [0.3, 0.4) is 0 Å². The van der Waals surface area contributed by atoms with E-state index in [4.69, 9.17) is 18.6 Å². The number of phenolic OH excluding ortho intramolecular Hbond substituents is 3. The van der Waals surface area contributed by atoms with Crippen molar-refractivity contribution in [3.8, 4) is 34.3 Å². The van der Waals surface area contributed by atoms with Crippen LogP contribution in [-0.4, -0.2) is 125 Å². The van der Waals surface area contributed by atoms with Crippen LogP contribution in [0.1, 0.15) is 11.7 Å². The molecule has 16 heteroatoms. The van der Waals surface area contributed by atoms with Crippen molar-refractivity contribution >= 4 is 11.0 Å². The number of hydrogen-bond donors (Lipinski definition) is 11. The van der Waals surface area contributed by atoms with Gasteiger partial charge in [0.15, 0.2) is 22.5 Å². The monoisotopic (exact) mass is 610 g/mol. The summed E-state index contributed by atoms with van der Waals surface area (Å²) in [6, 6.07) is 5.34. The fourth-order valence-corrected chi connectivity index (χ4v) is 5.14. The summed E-state index contributed by atoms with van der Waals surface area (Å²) in [5.74, 6) is -2.45. The topological polar surface area (TPSA) is 280 Å². The molecule has 3 heterocycles. The summed E-state index contributed by atoms with van der Waals surface area (Å²) in [4.78, 5) is 13.1. The Bertz CT molecular complexity index is 1540. The third-order valence-electron chi connectivity index (χ3n) is 7.51. The zero-order valence-electron chi connectivity index (χ0n) is 22.0. The van der Waals surface area contributed by atoms with Crippen LogP contribution >= 0.6 is 0 Å². The van der Waals surface area contributed by atoms with Crippen molar-refractivity contribution in [3.05, 3.63) is 46.1 Å². The average molecular weight is 611 g/mol. The van der Waals surface area contributed by atoms with Crippen LogP contribution in [-0.2, 0) is 9.47 Å². The van der Waals surface area contributed by atoms with Crippen LogP contribution in [0.4, 0.5) is 0 Å². The van der Waals surface area contributed by atoms with E-state index >= 15 is 0 Å². The molecular formula is C27H30O16. The summed E-state index contributed by atoms with van der Waals surface area (Å²) in [5.41, 5.74) is -1.61. The minimum absolute atomic E-state index is 0.0558. The van der Waals surface area contributed by atoms with E-state index in [2.05, 4.69) is 0 Å². The highest BCUT2D eigenvalue weighted by Crippen LogP contribution is 2.44. The number of aliphatic hydroxyl groups excluding tert-OH is 8. The number of aromatic hydroxyl groups is 3. The van der Waals surface area contributed by atoms with Crippen LogP contribution < -0.4 is 10.2 Å². The second-order valence-corrected chi connectivity index (χ2v) is 10.3. The maximum Gasteiger partial charge on any atom is 0.229 e. The number of benzene rings is 2. The molecule has 234 valence electrons. The molecule has 0 radical (unpaired) electrons. The van der Waals surface area contributed by atoms with Crippen molar-refractivity contribution in [1.29, 1.82) is 0 Å². The number of aliphatic hydroxyl groups is 8. The Balaban J connectivity index is 1.54. The molecule has 2 aliphatic heterocycles. The molecule has 3 aromatic rings. The quantitative estimate of drug-likeness (QED) is 0.135. The fraction of sp³-hybridized carbons (Fsp3) is 0.444. The molecular weight excluding hydrogens is 580 g/mol. The first kappa shape index (κ1) is 30.9. The molecule has 43 heavy (non-hydrogen) atoms. The van der Waals surface area contributed by atoms with Gasteiger partial charge in [0.25, 0.3) is 0 Å². The lowest BCUT2D eigenvalue weighted by atomic mass is 9.89. The lowest BCUT2D eigenvalue weighted by Gasteiger charge is -2.40. The average Bonchev–Trinajstić information content (AvgIpc) is 2.97. The van der Waals surface area contributed by atoms with Gasteiger partial charge in [0, 0.05) is 17.7 Å². The smallest absolute Gasteiger partial charge is 0.229 e. The van der Waals surface area contributed by atoms with Crippen LogP contribution in [0.5, 0.6) is 23.0 Å². The van der Waals surface area contributed by atoms with E-state index < -0.39 is 108 Å². The predicted octanol–water partition coefficient (Wildman–Crippen LogP) is -2.73. The number of fused-ring (bicyclic) bond motifs is 1. The van der Waals surface area contributed by atoms with Gasteiger partial charge in [0.05, 0.1) is 18.8 Å². The van der Waals surface area contributed by atoms with E-state index in [0.717, 1.165) is 18.2 Å². The predicted molar refractivity (Wildman–Crippen MR) is 140 cm³/mol. The van der Waals surface area contributed by atoms with Crippen molar-refractivity contribution in [3.63, 3.8) is 0 Å². The molecule has 0 saturated carbocycles. The Labute approximate surface area is 241 Å². The van der Waals surface area contributed by atoms with Crippen molar-refractivity contribution < 1.29 is 74.8 Å². The van der Waals surface area contributed by atoms with Crippen LogP contribution in [0.25, 0.3) is 22.3 Å². The summed E-state index contributed by atoms with van der Waals surface area (Å²) in [6.07, 6.45) is -16.4. The molecule has 11 N–H and O–H groups in total. The standard InChI is InChI=1S/C27H30O16/c28-6-15-19(34)21(36)23(38)26(41-15)18-11(32)4-10(31)17-12(33)5-14(40-25(17)18)8-1-2-13(9(30)3-8)42-27-24(39)22(37)20(35)16(7-29)43-27/h1-5,15-16,19-24,26-32,34-39H,6-7H2/t15?,16?,19-,20-,21+,22?,23?,24?,26+,27-/m1/s1. The number of phenols is 3. The highest BCUT2D eigenvalue weighted by molar-refractivity contribution is 5.89. The fourth-order valence-electron chi connectivity index (χ4n) is 5.14. The van der Waals surface area contributed by atoms with Crippen molar-refractivity contribution in [2.75, 3.05) is 13.2 Å². The zero-order valence-corrected chi connectivity index (χ0v) is 22.0.